The van der Waals surface area contributed by atoms with Crippen LogP contribution in [0.4, 0.5) is 0 Å². The van der Waals surface area contributed by atoms with Crippen LogP contribution in [0.5, 0.6) is 0 Å². The summed E-state index contributed by atoms with van der Waals surface area (Å²) in [7, 11) is 0. The van der Waals surface area contributed by atoms with Gasteiger partial charge in [0.05, 0.1) is 0 Å². The van der Waals surface area contributed by atoms with E-state index in [0.29, 0.717) is 6.04 Å². The van der Waals surface area contributed by atoms with Crippen LogP contribution in [-0.4, -0.2) is 9.97 Å². The van der Waals surface area contributed by atoms with Crippen LogP contribution in [0.1, 0.15) is 41.3 Å². The molecule has 0 saturated heterocycles. The first-order chi connectivity index (χ1) is 11.2. The Morgan fingerprint density at radius 3 is 2.70 bits per heavy atom. The van der Waals surface area contributed by atoms with Crippen LogP contribution in [0, 0.1) is 19.8 Å². The van der Waals surface area contributed by atoms with Crippen molar-refractivity contribution in [3.05, 3.63) is 65.1 Å². The van der Waals surface area contributed by atoms with Crippen molar-refractivity contribution < 1.29 is 0 Å². The molecule has 1 unspecified atom stereocenters. The van der Waals surface area contributed by atoms with Gasteiger partial charge in [-0.05, 0) is 73.6 Å². The minimum atomic E-state index is 0.437. The van der Waals surface area contributed by atoms with E-state index in [0.717, 1.165) is 12.5 Å². The lowest BCUT2D eigenvalue weighted by Crippen LogP contribution is -2.22. The molecule has 1 aliphatic rings. The summed E-state index contributed by atoms with van der Waals surface area (Å²) in [5, 5.41) is 5.09. The summed E-state index contributed by atoms with van der Waals surface area (Å²) >= 11 is 0. The molecule has 3 aromatic rings. The summed E-state index contributed by atoms with van der Waals surface area (Å²) in [6.45, 7) is 5.25. The minimum Gasteiger partial charge on any atom is -0.357 e. The van der Waals surface area contributed by atoms with Gasteiger partial charge in [0.2, 0.25) is 0 Å². The fourth-order valence-corrected chi connectivity index (χ4v) is 3.39. The van der Waals surface area contributed by atoms with Gasteiger partial charge >= 0.3 is 0 Å². The molecule has 1 fully saturated rings. The molecule has 0 radical (unpaired) electrons. The number of hydrogen-bond acceptors (Lipinski definition) is 2. The molecule has 0 aliphatic heterocycles. The molecule has 2 aromatic heterocycles. The number of benzene rings is 1. The summed E-state index contributed by atoms with van der Waals surface area (Å²) in [5.74, 6) is 0.769. The predicted octanol–water partition coefficient (Wildman–Crippen LogP) is 4.42. The van der Waals surface area contributed by atoms with Crippen LogP contribution < -0.4 is 5.32 Å². The predicted molar refractivity (Wildman–Crippen MR) is 94.3 cm³/mol. The molecular weight excluding hydrogens is 282 g/mol. The fourth-order valence-electron chi connectivity index (χ4n) is 3.39. The third kappa shape index (κ3) is 2.89. The topological polar surface area (TPSA) is 40.7 Å². The largest absolute Gasteiger partial charge is 0.357 e. The monoisotopic (exact) mass is 305 g/mol. The van der Waals surface area contributed by atoms with Gasteiger partial charge in [-0.3, -0.25) is 4.98 Å². The van der Waals surface area contributed by atoms with Crippen LogP contribution in [0.15, 0.2) is 42.7 Å². The molecule has 3 heteroatoms. The molecule has 2 N–H and O–H groups in total. The van der Waals surface area contributed by atoms with Gasteiger partial charge in [0.15, 0.2) is 0 Å². The van der Waals surface area contributed by atoms with Gasteiger partial charge < -0.3 is 10.3 Å². The van der Waals surface area contributed by atoms with E-state index in [1.54, 1.807) is 0 Å². The second-order valence-corrected chi connectivity index (χ2v) is 6.74. The maximum Gasteiger partial charge on any atom is 0.0459 e. The molecule has 0 spiro atoms. The Bertz CT molecular complexity index is 816. The van der Waals surface area contributed by atoms with E-state index in [9.17, 15) is 0 Å². The Hall–Kier alpha value is -2.13. The summed E-state index contributed by atoms with van der Waals surface area (Å²) in [5.41, 5.74) is 6.57. The van der Waals surface area contributed by atoms with E-state index in [1.165, 1.54) is 46.1 Å². The van der Waals surface area contributed by atoms with Crippen LogP contribution >= 0.6 is 0 Å². The Kier molecular flexibility index (Phi) is 3.66. The SMILES string of the molecule is Cc1ccc2[nH]c(CNC(c3ccncc3)C3CC3)cc2c1C. The van der Waals surface area contributed by atoms with E-state index in [-0.39, 0.29) is 0 Å². The van der Waals surface area contributed by atoms with Gasteiger partial charge in [-0.1, -0.05) is 6.07 Å². The fraction of sp³-hybridized carbons (Fsp3) is 0.350. The van der Waals surface area contributed by atoms with E-state index in [2.05, 4.69) is 59.5 Å². The van der Waals surface area contributed by atoms with Gasteiger partial charge in [0, 0.05) is 41.6 Å². The third-order valence-electron chi connectivity index (χ3n) is 5.07. The molecule has 0 bridgehead atoms. The Labute approximate surface area is 137 Å². The molecule has 1 saturated carbocycles. The van der Waals surface area contributed by atoms with Crippen molar-refractivity contribution in [2.75, 3.05) is 0 Å². The average molecular weight is 305 g/mol. The van der Waals surface area contributed by atoms with E-state index >= 15 is 0 Å². The van der Waals surface area contributed by atoms with Crippen molar-refractivity contribution in [2.24, 2.45) is 5.92 Å². The number of H-pyrrole nitrogens is 1. The first kappa shape index (κ1) is 14.5. The first-order valence-corrected chi connectivity index (χ1v) is 8.43. The normalized spacial score (nSPS) is 15.9. The number of pyridine rings is 1. The molecule has 118 valence electrons. The van der Waals surface area contributed by atoms with Crippen molar-refractivity contribution >= 4 is 10.9 Å². The van der Waals surface area contributed by atoms with E-state index < -0.39 is 0 Å². The van der Waals surface area contributed by atoms with Gasteiger partial charge in [0.1, 0.15) is 0 Å². The van der Waals surface area contributed by atoms with Gasteiger partial charge in [-0.25, -0.2) is 0 Å². The van der Waals surface area contributed by atoms with Gasteiger partial charge in [-0.2, -0.15) is 0 Å². The number of rotatable bonds is 5. The highest BCUT2D eigenvalue weighted by atomic mass is 14.9. The number of hydrogen-bond donors (Lipinski definition) is 2. The van der Waals surface area contributed by atoms with Crippen molar-refractivity contribution in [3.8, 4) is 0 Å². The zero-order chi connectivity index (χ0) is 15.8. The summed E-state index contributed by atoms with van der Waals surface area (Å²) < 4.78 is 0. The maximum atomic E-state index is 4.14. The highest BCUT2D eigenvalue weighted by Gasteiger charge is 2.31. The van der Waals surface area contributed by atoms with Crippen molar-refractivity contribution in [2.45, 2.75) is 39.3 Å². The lowest BCUT2D eigenvalue weighted by atomic mass is 10.0. The van der Waals surface area contributed by atoms with Crippen LogP contribution in [0.25, 0.3) is 10.9 Å². The van der Waals surface area contributed by atoms with Crippen LogP contribution in [0.3, 0.4) is 0 Å². The van der Waals surface area contributed by atoms with Crippen molar-refractivity contribution in [1.82, 2.24) is 15.3 Å². The highest BCUT2D eigenvalue weighted by Crippen LogP contribution is 2.41. The molecule has 1 aliphatic carbocycles. The minimum absolute atomic E-state index is 0.437. The Morgan fingerprint density at radius 1 is 1.17 bits per heavy atom. The molecule has 0 amide bonds. The summed E-state index contributed by atoms with van der Waals surface area (Å²) in [6.07, 6.45) is 6.43. The van der Waals surface area contributed by atoms with Crippen molar-refractivity contribution in [3.63, 3.8) is 0 Å². The molecule has 1 atom stereocenters. The van der Waals surface area contributed by atoms with Gasteiger partial charge in [-0.15, -0.1) is 0 Å². The standard InChI is InChI=1S/C20H23N3/c1-13-3-6-19-18(14(13)2)11-17(23-19)12-22-20(15-4-5-15)16-7-9-21-10-8-16/h3,6-11,15,20,22-23H,4-5,12H2,1-2H3. The second-order valence-electron chi connectivity index (χ2n) is 6.74. The van der Waals surface area contributed by atoms with Crippen LogP contribution in [0.2, 0.25) is 0 Å². The third-order valence-corrected chi connectivity index (χ3v) is 5.07. The van der Waals surface area contributed by atoms with Gasteiger partial charge in [0.25, 0.3) is 0 Å². The zero-order valence-electron chi connectivity index (χ0n) is 13.8. The zero-order valence-corrected chi connectivity index (χ0v) is 13.8. The van der Waals surface area contributed by atoms with E-state index in [4.69, 9.17) is 0 Å². The maximum absolute atomic E-state index is 4.14. The van der Waals surface area contributed by atoms with Crippen molar-refractivity contribution in [1.29, 1.82) is 0 Å². The smallest absolute Gasteiger partial charge is 0.0459 e. The number of aromatic amines is 1. The molecule has 23 heavy (non-hydrogen) atoms. The summed E-state index contributed by atoms with van der Waals surface area (Å²) in [4.78, 5) is 7.69. The number of nitrogens with zero attached hydrogens (tertiary/aromatic N) is 1. The molecule has 3 nitrogen and oxygen atoms in total. The van der Waals surface area contributed by atoms with E-state index in [1.807, 2.05) is 12.4 Å². The average Bonchev–Trinajstić information content (AvgIpc) is 3.32. The quantitative estimate of drug-likeness (QED) is 0.732. The Balaban J connectivity index is 1.55. The number of aromatic nitrogens is 2. The molecule has 4 rings (SSSR count). The Morgan fingerprint density at radius 2 is 1.96 bits per heavy atom. The molecule has 1 aromatic carbocycles. The van der Waals surface area contributed by atoms with Crippen LogP contribution in [-0.2, 0) is 6.54 Å². The number of fused-ring (bicyclic) bond motifs is 1. The lowest BCUT2D eigenvalue weighted by Gasteiger charge is -2.18. The lowest BCUT2D eigenvalue weighted by molar-refractivity contribution is 0.477. The second kappa shape index (κ2) is 5.82. The highest BCUT2D eigenvalue weighted by molar-refractivity contribution is 5.84. The number of nitrogens with one attached hydrogen (secondary N) is 2. The number of aryl methyl sites for hydroxylation is 2. The summed E-state index contributed by atoms with van der Waals surface area (Å²) in [6, 6.07) is 11.4. The first-order valence-electron chi connectivity index (χ1n) is 8.43. The molecular formula is C20H23N3. The molecule has 2 heterocycles.